The highest BCUT2D eigenvalue weighted by molar-refractivity contribution is 7.23. The van der Waals surface area contributed by atoms with E-state index in [1.807, 2.05) is 20.8 Å². The number of amides is 2. The van der Waals surface area contributed by atoms with Gasteiger partial charge in [0, 0.05) is 36.7 Å². The Bertz CT molecular complexity index is 1570. The van der Waals surface area contributed by atoms with Gasteiger partial charge < -0.3 is 20.5 Å². The van der Waals surface area contributed by atoms with Gasteiger partial charge in [0.05, 0.1) is 12.7 Å². The van der Waals surface area contributed by atoms with E-state index in [0.717, 1.165) is 12.8 Å². The summed E-state index contributed by atoms with van der Waals surface area (Å²) in [6.07, 6.45) is 10.3. The summed E-state index contributed by atoms with van der Waals surface area (Å²) in [5, 5.41) is 22.3. The summed E-state index contributed by atoms with van der Waals surface area (Å²) >= 11 is 0. The smallest absolute Gasteiger partial charge is 0.333 e. The first-order valence-electron chi connectivity index (χ1n) is 15.3. The molecule has 0 radical (unpaired) electrons. The van der Waals surface area contributed by atoms with E-state index in [2.05, 4.69) is 29.5 Å². The third-order valence-electron chi connectivity index (χ3n) is 6.70. The van der Waals surface area contributed by atoms with E-state index in [4.69, 9.17) is 0 Å². The molecule has 2 heterocycles. The number of nitrogens with zero attached hydrogens (tertiary/aromatic N) is 5. The van der Waals surface area contributed by atoms with Crippen LogP contribution in [0.25, 0.3) is 17.2 Å². The van der Waals surface area contributed by atoms with Gasteiger partial charge in [-0.25, -0.2) is 24.0 Å². The van der Waals surface area contributed by atoms with Crippen molar-refractivity contribution in [2.75, 3.05) is 13.2 Å². The fourth-order valence-corrected chi connectivity index (χ4v) is 4.43. The lowest BCUT2D eigenvalue weighted by Gasteiger charge is -2.25. The maximum Gasteiger partial charge on any atom is 0.333 e. The van der Waals surface area contributed by atoms with Crippen molar-refractivity contribution in [1.82, 2.24) is 29.3 Å². The number of hydrogen-bond donors (Lipinski definition) is 4. The lowest BCUT2D eigenvalue weighted by atomic mass is 10.2. The third kappa shape index (κ3) is 10.2. The molecular weight excluding hydrogens is 600 g/mol. The highest BCUT2D eigenvalue weighted by atomic mass is 31.0. The van der Waals surface area contributed by atoms with Crippen molar-refractivity contribution in [1.29, 1.82) is 0 Å². The molecule has 1 fully saturated rings. The normalized spacial score (nSPS) is 15.8. The maximum atomic E-state index is 14.3. The Morgan fingerprint density at radius 2 is 2.00 bits per heavy atom. The minimum absolute atomic E-state index is 0.00186. The first kappa shape index (κ1) is 37.5. The van der Waals surface area contributed by atoms with E-state index in [9.17, 15) is 29.0 Å². The number of fused-ring (bicyclic) bond motifs is 1. The Labute approximate surface area is 265 Å². The van der Waals surface area contributed by atoms with Crippen molar-refractivity contribution in [3.05, 3.63) is 67.9 Å². The van der Waals surface area contributed by atoms with Crippen molar-refractivity contribution >= 4 is 38.7 Å². The molecule has 14 heteroatoms. The van der Waals surface area contributed by atoms with Gasteiger partial charge in [0.1, 0.15) is 23.0 Å². The number of urea groups is 1. The van der Waals surface area contributed by atoms with Crippen molar-refractivity contribution in [2.24, 2.45) is 4.99 Å². The van der Waals surface area contributed by atoms with E-state index in [1.54, 1.807) is 45.1 Å². The predicted molar refractivity (Wildman–Crippen MR) is 181 cm³/mol. The molecule has 0 spiro atoms. The van der Waals surface area contributed by atoms with E-state index < -0.39 is 36.2 Å². The van der Waals surface area contributed by atoms with Crippen LogP contribution >= 0.6 is 9.24 Å². The number of nitrogens with one attached hydrogen (secondary N) is 2. The third-order valence-corrected chi connectivity index (χ3v) is 7.31. The second-order valence-corrected chi connectivity index (χ2v) is 10.8. The number of aliphatic hydroxyl groups is 2. The zero-order valence-electron chi connectivity index (χ0n) is 27.0. The van der Waals surface area contributed by atoms with Crippen LogP contribution in [0.15, 0.2) is 55.8 Å². The number of aromatic amines is 1. The largest absolute Gasteiger partial charge is 0.394 e. The fraction of sp³-hybridized carbons (Fsp3) is 0.516. The average molecular weight is 648 g/mol. The monoisotopic (exact) mass is 647 g/mol. The topological polar surface area (TPSA) is 158 Å². The standard InChI is InChI=1S/C29H41FN7O5P.C2H6/c1-5-14-36-26-25(27(40)37(29(36)42)19-11-12-19)33-23(34-26)9-8-10-24(31-7-3)35(15-13-20(39)17-38)28(41)32-18(4)16-21(30)22(43)6-2;1-2/h6-10,16,18-20,38-39H,5,11-15,17,43H2,1-4H3,(H,32,41)(H,33,34);1-2H3/b9-8+,21-16+,22-6+,24-10+,31-7-;. The summed E-state index contributed by atoms with van der Waals surface area (Å²) in [7, 11) is 2.29. The lowest BCUT2D eigenvalue weighted by molar-refractivity contribution is 0.0825. The molecule has 2 amide bonds. The molecule has 0 aromatic carbocycles. The number of carbonyl (C=O) groups excluding carboxylic acids is 1. The number of hydrogen-bond acceptors (Lipinski definition) is 7. The number of carbonyl (C=O) groups is 1. The van der Waals surface area contributed by atoms with Gasteiger partial charge in [0.15, 0.2) is 5.65 Å². The molecule has 1 aliphatic carbocycles. The zero-order valence-corrected chi connectivity index (χ0v) is 28.1. The number of aromatic nitrogens is 4. The van der Waals surface area contributed by atoms with Crippen molar-refractivity contribution in [2.45, 2.75) is 92.0 Å². The van der Waals surface area contributed by atoms with Crippen LogP contribution in [0.4, 0.5) is 9.18 Å². The van der Waals surface area contributed by atoms with Gasteiger partial charge in [0.2, 0.25) is 0 Å². The summed E-state index contributed by atoms with van der Waals surface area (Å²) < 4.78 is 17.1. The van der Waals surface area contributed by atoms with Crippen LogP contribution in [-0.2, 0) is 6.54 Å². The van der Waals surface area contributed by atoms with Crippen LogP contribution in [0.3, 0.4) is 0 Å². The Kier molecular flexibility index (Phi) is 15.3. The average Bonchev–Trinajstić information content (AvgIpc) is 3.77. The Morgan fingerprint density at radius 1 is 1.31 bits per heavy atom. The van der Waals surface area contributed by atoms with Crippen LogP contribution < -0.4 is 16.6 Å². The molecule has 0 aliphatic heterocycles. The Hall–Kier alpha value is -3.67. The Balaban J connectivity index is 0.00000345. The highest BCUT2D eigenvalue weighted by Gasteiger charge is 2.29. The number of allylic oxidation sites excluding steroid dienone is 5. The van der Waals surface area contributed by atoms with Crippen molar-refractivity contribution in [3.63, 3.8) is 0 Å². The molecule has 4 N–H and O–H groups in total. The number of imidazole rings is 1. The molecule has 0 saturated heterocycles. The summed E-state index contributed by atoms with van der Waals surface area (Å²) in [5.74, 6) is 0.0411. The number of aryl methyl sites for hydroxylation is 1. The lowest BCUT2D eigenvalue weighted by Crippen LogP contribution is -2.43. The number of H-pyrrole nitrogens is 1. The molecule has 2 aromatic rings. The van der Waals surface area contributed by atoms with E-state index in [-0.39, 0.29) is 41.7 Å². The van der Waals surface area contributed by atoms with Crippen LogP contribution in [0.1, 0.15) is 79.1 Å². The zero-order chi connectivity index (χ0) is 33.7. The van der Waals surface area contributed by atoms with Gasteiger partial charge in [-0.05, 0) is 64.7 Å². The summed E-state index contributed by atoms with van der Waals surface area (Å²) in [6.45, 7) is 10.9. The van der Waals surface area contributed by atoms with Gasteiger partial charge in [0.25, 0.3) is 5.56 Å². The van der Waals surface area contributed by atoms with Crippen molar-refractivity contribution in [3.8, 4) is 0 Å². The molecule has 2 aromatic heterocycles. The van der Waals surface area contributed by atoms with Crippen LogP contribution in [-0.4, -0.2) is 71.8 Å². The molecule has 12 nitrogen and oxygen atoms in total. The highest BCUT2D eigenvalue weighted by Crippen LogP contribution is 2.32. The van der Waals surface area contributed by atoms with Crippen LogP contribution in [0.2, 0.25) is 0 Å². The second kappa shape index (κ2) is 18.3. The molecule has 45 heavy (non-hydrogen) atoms. The van der Waals surface area contributed by atoms with E-state index in [1.165, 1.54) is 26.3 Å². The summed E-state index contributed by atoms with van der Waals surface area (Å²) in [5.41, 5.74) is -0.236. The number of halogens is 1. The molecule has 1 aliphatic rings. The molecule has 248 valence electrons. The molecular formula is C31H47FN7O5P. The molecule has 0 bridgehead atoms. The fourth-order valence-electron chi connectivity index (χ4n) is 4.33. The SMILES string of the molecule is CC.C\C=N/C(=C\C=C\c1nc2c([nH]1)c(=O)n(C1CC1)c(=O)n2CCC)N(CCC(O)CO)C(=O)NC(C)/C=C(F)\C(P)=C/C. The van der Waals surface area contributed by atoms with E-state index in [0.29, 0.717) is 24.1 Å². The number of aliphatic hydroxyl groups excluding tert-OH is 2. The van der Waals surface area contributed by atoms with Gasteiger partial charge in [-0.3, -0.25) is 18.8 Å². The second-order valence-electron chi connectivity index (χ2n) is 10.2. The van der Waals surface area contributed by atoms with Crippen molar-refractivity contribution < 1.29 is 19.4 Å². The maximum absolute atomic E-state index is 14.3. The minimum atomic E-state index is -1.06. The molecule has 3 rings (SSSR count). The Morgan fingerprint density at radius 3 is 2.58 bits per heavy atom. The summed E-state index contributed by atoms with van der Waals surface area (Å²) in [6, 6.07) is -1.35. The van der Waals surface area contributed by atoms with Gasteiger partial charge in [-0.1, -0.05) is 32.9 Å². The minimum Gasteiger partial charge on any atom is -0.394 e. The number of aliphatic imine (C=N–C) groups is 1. The molecule has 1 saturated carbocycles. The first-order valence-corrected chi connectivity index (χ1v) is 15.9. The summed E-state index contributed by atoms with van der Waals surface area (Å²) in [4.78, 5) is 52.5. The van der Waals surface area contributed by atoms with Crippen LogP contribution in [0, 0.1) is 0 Å². The van der Waals surface area contributed by atoms with Crippen LogP contribution in [0.5, 0.6) is 0 Å². The molecule has 3 unspecified atom stereocenters. The molecule has 3 atom stereocenters. The first-order chi connectivity index (χ1) is 21.6. The van der Waals surface area contributed by atoms with Gasteiger partial charge in [-0.15, -0.1) is 9.24 Å². The van der Waals surface area contributed by atoms with E-state index >= 15 is 0 Å². The quantitative estimate of drug-likeness (QED) is 0.135. The van der Waals surface area contributed by atoms with Gasteiger partial charge >= 0.3 is 11.7 Å². The van der Waals surface area contributed by atoms with Gasteiger partial charge in [-0.2, -0.15) is 0 Å². The predicted octanol–water partition coefficient (Wildman–Crippen LogP) is 4.38. The number of rotatable bonds is 14.